The van der Waals surface area contributed by atoms with Crippen molar-refractivity contribution in [2.75, 3.05) is 44.4 Å². The molecule has 0 aromatic carbocycles. The monoisotopic (exact) mass is 525 g/mol. The second kappa shape index (κ2) is 12.7. The van der Waals surface area contributed by atoms with Crippen molar-refractivity contribution in [3.05, 3.63) is 54.0 Å². The maximum atomic E-state index is 12.8. The minimum Gasteiger partial charge on any atom is -0.356 e. The van der Waals surface area contributed by atoms with Crippen LogP contribution in [0.5, 0.6) is 0 Å². The number of hydrogen-bond acceptors (Lipinski definition) is 6. The Kier molecular flexibility index (Phi) is 9.44. The lowest BCUT2D eigenvalue weighted by Gasteiger charge is -2.10. The number of nitrogens with zero attached hydrogens (tertiary/aromatic N) is 5. The number of carbonyl (C=O) groups is 4. The molecule has 0 fully saturated rings. The predicted octanol–water partition coefficient (Wildman–Crippen LogP) is 0.790. The summed E-state index contributed by atoms with van der Waals surface area (Å²) in [5.74, 6) is -1.02. The van der Waals surface area contributed by atoms with Gasteiger partial charge >= 0.3 is 0 Å². The lowest BCUT2D eigenvalue weighted by Crippen LogP contribution is -2.32. The van der Waals surface area contributed by atoms with E-state index in [1.807, 2.05) is 19.0 Å². The van der Waals surface area contributed by atoms with Gasteiger partial charge in [-0.25, -0.2) is 4.98 Å². The van der Waals surface area contributed by atoms with Gasteiger partial charge in [0.2, 0.25) is 11.7 Å². The van der Waals surface area contributed by atoms with Crippen LogP contribution >= 0.6 is 0 Å². The van der Waals surface area contributed by atoms with Crippen molar-refractivity contribution in [3.63, 3.8) is 0 Å². The molecule has 13 nitrogen and oxygen atoms in total. The Morgan fingerprint density at radius 2 is 1.63 bits per heavy atom. The summed E-state index contributed by atoms with van der Waals surface area (Å²) < 4.78 is 4.76. The highest BCUT2D eigenvalue weighted by atomic mass is 16.2. The highest BCUT2D eigenvalue weighted by Crippen LogP contribution is 2.16. The van der Waals surface area contributed by atoms with Gasteiger partial charge in [0.05, 0.1) is 5.69 Å². The van der Waals surface area contributed by atoms with Crippen LogP contribution in [0.1, 0.15) is 44.4 Å². The van der Waals surface area contributed by atoms with Crippen LogP contribution in [0.2, 0.25) is 0 Å². The first-order chi connectivity index (χ1) is 18.0. The van der Waals surface area contributed by atoms with E-state index in [0.717, 1.165) is 13.0 Å². The van der Waals surface area contributed by atoms with Crippen molar-refractivity contribution < 1.29 is 19.2 Å². The molecule has 0 aliphatic rings. The van der Waals surface area contributed by atoms with E-state index in [1.54, 1.807) is 54.8 Å². The van der Waals surface area contributed by atoms with E-state index in [4.69, 9.17) is 0 Å². The van der Waals surface area contributed by atoms with E-state index in [-0.39, 0.29) is 42.3 Å². The molecule has 0 unspecified atom stereocenters. The molecule has 4 N–H and O–H groups in total. The first-order valence-corrected chi connectivity index (χ1v) is 12.2. The molecule has 3 rings (SSSR count). The van der Waals surface area contributed by atoms with Crippen LogP contribution in [0.25, 0.3) is 0 Å². The number of nitrogens with one attached hydrogen (secondary N) is 4. The molecule has 0 radical (unpaired) electrons. The van der Waals surface area contributed by atoms with Gasteiger partial charge in [-0.15, -0.1) is 0 Å². The number of anilines is 2. The summed E-state index contributed by atoms with van der Waals surface area (Å²) in [6.45, 7) is 1.66. The third kappa shape index (κ3) is 7.56. The standard InChI is InChI=1S/C25H35N9O4/c1-31(2)12-7-10-26-21(35)9-11-27-23(36)19-14-17(15-33(19)4)28-25(38)22-29-20(16-34(22)5)30-24(37)18-8-6-13-32(18)3/h6,8,13-16H,7,9-12H2,1-5H3,(H,26,35)(H,27,36)(H,28,38)(H,30,37). The highest BCUT2D eigenvalue weighted by molar-refractivity contribution is 6.05. The number of imidazole rings is 1. The summed E-state index contributed by atoms with van der Waals surface area (Å²) in [4.78, 5) is 56.1. The Morgan fingerprint density at radius 1 is 0.868 bits per heavy atom. The van der Waals surface area contributed by atoms with Crippen molar-refractivity contribution in [2.24, 2.45) is 21.1 Å². The van der Waals surface area contributed by atoms with E-state index < -0.39 is 5.91 Å². The van der Waals surface area contributed by atoms with Gasteiger partial charge < -0.3 is 39.9 Å². The average Bonchev–Trinajstić information content (AvgIpc) is 3.54. The average molecular weight is 526 g/mol. The van der Waals surface area contributed by atoms with Gasteiger partial charge in [0.25, 0.3) is 17.7 Å². The fraction of sp³-hybridized carbons (Fsp3) is 0.400. The Balaban J connectivity index is 1.51. The first kappa shape index (κ1) is 28.2. The predicted molar refractivity (Wildman–Crippen MR) is 143 cm³/mol. The number of hydrogen-bond donors (Lipinski definition) is 4. The molecule has 0 atom stereocenters. The molecule has 3 aromatic heterocycles. The van der Waals surface area contributed by atoms with Gasteiger partial charge in [0.15, 0.2) is 5.82 Å². The molecule has 3 heterocycles. The number of carbonyl (C=O) groups excluding carboxylic acids is 4. The number of aryl methyl sites for hydroxylation is 3. The van der Waals surface area contributed by atoms with Gasteiger partial charge in [-0.2, -0.15) is 0 Å². The lowest BCUT2D eigenvalue weighted by molar-refractivity contribution is -0.120. The summed E-state index contributed by atoms with van der Waals surface area (Å²) in [5.41, 5.74) is 1.18. The molecule has 38 heavy (non-hydrogen) atoms. The molecule has 0 aliphatic carbocycles. The Bertz CT molecular complexity index is 1300. The third-order valence-electron chi connectivity index (χ3n) is 5.73. The molecule has 3 aromatic rings. The maximum Gasteiger partial charge on any atom is 0.291 e. The molecular formula is C25H35N9O4. The Hall–Kier alpha value is -4.39. The van der Waals surface area contributed by atoms with E-state index >= 15 is 0 Å². The van der Waals surface area contributed by atoms with E-state index in [1.165, 1.54) is 16.8 Å². The van der Waals surface area contributed by atoms with E-state index in [2.05, 4.69) is 26.3 Å². The summed E-state index contributed by atoms with van der Waals surface area (Å²) in [7, 11) is 9.02. The van der Waals surface area contributed by atoms with Crippen LogP contribution in [0.15, 0.2) is 36.8 Å². The van der Waals surface area contributed by atoms with Crippen LogP contribution in [0.4, 0.5) is 11.5 Å². The molecule has 0 bridgehead atoms. The second-order valence-corrected chi connectivity index (χ2v) is 9.21. The minimum absolute atomic E-state index is 0.0821. The molecule has 13 heteroatoms. The number of aromatic nitrogens is 4. The SMILES string of the molecule is CN(C)CCCNC(=O)CCNC(=O)c1cc(NC(=O)c2nc(NC(=O)c3cccn3C)cn2C)cn1C. The zero-order valence-corrected chi connectivity index (χ0v) is 22.4. The first-order valence-electron chi connectivity index (χ1n) is 12.2. The second-order valence-electron chi connectivity index (χ2n) is 9.21. The van der Waals surface area contributed by atoms with Crippen molar-refractivity contribution in [1.29, 1.82) is 0 Å². The summed E-state index contributed by atoms with van der Waals surface area (Å²) in [6, 6.07) is 4.97. The zero-order chi connectivity index (χ0) is 27.8. The smallest absolute Gasteiger partial charge is 0.291 e. The fourth-order valence-electron chi connectivity index (χ4n) is 3.75. The van der Waals surface area contributed by atoms with Gasteiger partial charge in [-0.1, -0.05) is 0 Å². The van der Waals surface area contributed by atoms with Gasteiger partial charge in [-0.3, -0.25) is 19.2 Å². The van der Waals surface area contributed by atoms with Crippen LogP contribution in [0.3, 0.4) is 0 Å². The van der Waals surface area contributed by atoms with E-state index in [9.17, 15) is 19.2 Å². The Labute approximate surface area is 221 Å². The molecule has 204 valence electrons. The van der Waals surface area contributed by atoms with Crippen molar-refractivity contribution >= 4 is 35.1 Å². The zero-order valence-electron chi connectivity index (χ0n) is 22.4. The number of rotatable bonds is 12. The van der Waals surface area contributed by atoms with Crippen molar-refractivity contribution in [2.45, 2.75) is 12.8 Å². The summed E-state index contributed by atoms with van der Waals surface area (Å²) in [6.07, 6.45) is 5.92. The molecule has 0 spiro atoms. The van der Waals surface area contributed by atoms with Gasteiger partial charge in [-0.05, 0) is 45.3 Å². The summed E-state index contributed by atoms with van der Waals surface area (Å²) >= 11 is 0. The number of amides is 4. The van der Waals surface area contributed by atoms with Crippen LogP contribution in [-0.2, 0) is 25.9 Å². The van der Waals surface area contributed by atoms with Crippen LogP contribution < -0.4 is 21.3 Å². The minimum atomic E-state index is -0.504. The molecular weight excluding hydrogens is 490 g/mol. The maximum absolute atomic E-state index is 12.8. The molecule has 0 saturated heterocycles. The largest absolute Gasteiger partial charge is 0.356 e. The van der Waals surface area contributed by atoms with Gasteiger partial charge in [0, 0.05) is 59.2 Å². The van der Waals surface area contributed by atoms with Crippen molar-refractivity contribution in [3.8, 4) is 0 Å². The van der Waals surface area contributed by atoms with Crippen LogP contribution in [0, 0.1) is 0 Å². The highest BCUT2D eigenvalue weighted by Gasteiger charge is 2.19. The quantitative estimate of drug-likeness (QED) is 0.257. The molecule has 4 amide bonds. The third-order valence-corrected chi connectivity index (χ3v) is 5.73. The van der Waals surface area contributed by atoms with Gasteiger partial charge in [0.1, 0.15) is 11.4 Å². The molecule has 0 saturated carbocycles. The van der Waals surface area contributed by atoms with E-state index in [0.29, 0.717) is 23.6 Å². The lowest BCUT2D eigenvalue weighted by atomic mass is 10.3. The van der Waals surface area contributed by atoms with Crippen molar-refractivity contribution in [1.82, 2.24) is 34.2 Å². The molecule has 0 aliphatic heterocycles. The van der Waals surface area contributed by atoms with Crippen LogP contribution in [-0.4, -0.2) is 80.9 Å². The Morgan fingerprint density at radius 3 is 2.32 bits per heavy atom. The normalized spacial score (nSPS) is 10.9. The summed E-state index contributed by atoms with van der Waals surface area (Å²) in [5, 5.41) is 11.0. The topological polar surface area (TPSA) is 147 Å². The fourth-order valence-corrected chi connectivity index (χ4v) is 3.75.